The van der Waals surface area contributed by atoms with Crippen molar-refractivity contribution in [3.05, 3.63) is 65.4 Å². The molecule has 1 fully saturated rings. The summed E-state index contributed by atoms with van der Waals surface area (Å²) in [5.41, 5.74) is 15.1. The molecular weight excluding hydrogens is 952 g/mol. The summed E-state index contributed by atoms with van der Waals surface area (Å²) in [5, 5.41) is 55.4. The molecule has 0 spiro atoms. The van der Waals surface area contributed by atoms with E-state index < -0.39 is 57.0 Å². The van der Waals surface area contributed by atoms with Crippen LogP contribution in [-0.4, -0.2) is 155 Å². The number of methoxy groups -OCH3 is 1. The standard InChI is InChI=1S/C45H67N10O15P/c1-3-4-5-14-51-42-37-31(53-45(47)54-42)11-19-55(37)26-30-8-6-28(24-34(30)65-2)25-49-17-16-48-18-22-67-71(63,64)68-27-29-7-9-33(69-44-40(60)38(58)39(59)41(70-44)43(61)62)32(23-29)52-36(57)10-15-50-35(56)12-20-66-21-13-46/h6-9,11,19,23-24,38-41,44,48-49,58-60H,3-5,10,12-18,20-22,25-27,46H2,1-2H3,(H,50,56)(H,52,57)(H,61,62)(H,63,64)(H3,47,51,53,54)/t38-,39-,40+,41-,44+/m0/s1. The van der Waals surface area contributed by atoms with E-state index in [1.807, 2.05) is 30.5 Å². The van der Waals surface area contributed by atoms with E-state index in [4.69, 9.17) is 39.5 Å². The quantitative estimate of drug-likeness (QED) is 0.0237. The molecule has 25 nitrogen and oxygen atoms in total. The maximum absolute atomic E-state index is 13.0. The number of nitrogens with one attached hydrogen (secondary N) is 5. The molecule has 71 heavy (non-hydrogen) atoms. The molecule has 2 aromatic carbocycles. The van der Waals surface area contributed by atoms with Crippen molar-refractivity contribution in [2.24, 2.45) is 5.73 Å². The number of nitrogens with zero attached hydrogens (tertiary/aromatic N) is 3. The van der Waals surface area contributed by atoms with Gasteiger partial charge in [-0.15, -0.1) is 0 Å². The third kappa shape index (κ3) is 17.6. The number of nitrogen functional groups attached to an aromatic ring is 1. The number of aliphatic carboxylic acids is 1. The van der Waals surface area contributed by atoms with Gasteiger partial charge in [0.15, 0.2) is 11.9 Å². The molecule has 14 N–H and O–H groups in total. The predicted molar refractivity (Wildman–Crippen MR) is 259 cm³/mol. The Labute approximate surface area is 410 Å². The highest BCUT2D eigenvalue weighted by Crippen LogP contribution is 2.44. The van der Waals surface area contributed by atoms with E-state index in [-0.39, 0.29) is 68.0 Å². The van der Waals surface area contributed by atoms with E-state index in [2.05, 4.69) is 48.0 Å². The summed E-state index contributed by atoms with van der Waals surface area (Å²) in [5.74, 6) is -1.16. The number of phosphoric ester groups is 1. The zero-order chi connectivity index (χ0) is 51.3. The van der Waals surface area contributed by atoms with Crippen LogP contribution in [0.3, 0.4) is 0 Å². The Bertz CT molecular complexity index is 2400. The van der Waals surface area contributed by atoms with Gasteiger partial charge >= 0.3 is 13.8 Å². The second-order valence-corrected chi connectivity index (χ2v) is 17.8. The molecule has 1 aliphatic heterocycles. The first kappa shape index (κ1) is 56.4. The number of benzene rings is 2. The molecule has 6 atom stereocenters. The summed E-state index contributed by atoms with van der Waals surface area (Å²) < 4.78 is 47.1. The molecule has 2 aromatic heterocycles. The van der Waals surface area contributed by atoms with Crippen LogP contribution in [0.25, 0.3) is 11.0 Å². The fourth-order valence-electron chi connectivity index (χ4n) is 7.24. The monoisotopic (exact) mass is 1020 g/mol. The second kappa shape index (κ2) is 28.5. The van der Waals surface area contributed by atoms with Crippen molar-refractivity contribution in [2.45, 2.75) is 89.4 Å². The highest BCUT2D eigenvalue weighted by Gasteiger charge is 2.48. The number of carboxylic acids is 1. The number of carbonyl (C=O) groups excluding carboxylic acids is 2. The van der Waals surface area contributed by atoms with Crippen molar-refractivity contribution in [3.63, 3.8) is 0 Å². The average Bonchev–Trinajstić information content (AvgIpc) is 3.74. The summed E-state index contributed by atoms with van der Waals surface area (Å²) in [6.07, 6.45) is -4.59. The van der Waals surface area contributed by atoms with Gasteiger partial charge in [0.2, 0.25) is 24.1 Å². The number of ether oxygens (including phenoxy) is 4. The number of aromatic nitrogens is 3. The molecule has 0 bridgehead atoms. The van der Waals surface area contributed by atoms with Gasteiger partial charge in [-0.3, -0.25) is 18.6 Å². The first-order valence-electron chi connectivity index (χ1n) is 23.2. The number of phosphoric acid groups is 1. The van der Waals surface area contributed by atoms with Crippen LogP contribution in [0.15, 0.2) is 48.7 Å². The van der Waals surface area contributed by atoms with Crippen LogP contribution in [-0.2, 0) is 57.2 Å². The minimum atomic E-state index is -4.59. The van der Waals surface area contributed by atoms with E-state index in [0.29, 0.717) is 45.1 Å². The molecule has 0 saturated carbocycles. The van der Waals surface area contributed by atoms with Gasteiger partial charge in [0.1, 0.15) is 35.3 Å². The van der Waals surface area contributed by atoms with Gasteiger partial charge in [-0.25, -0.2) is 14.3 Å². The molecular formula is C45H67N10O15P. The molecule has 26 heteroatoms. The number of hydrogen-bond acceptors (Lipinski definition) is 20. The minimum absolute atomic E-state index is 0.0476. The van der Waals surface area contributed by atoms with Crippen LogP contribution >= 0.6 is 7.82 Å². The smallest absolute Gasteiger partial charge is 0.472 e. The van der Waals surface area contributed by atoms with Crippen molar-refractivity contribution in [3.8, 4) is 11.5 Å². The van der Waals surface area contributed by atoms with E-state index in [1.54, 1.807) is 7.11 Å². The van der Waals surface area contributed by atoms with Crippen LogP contribution in [0.5, 0.6) is 11.5 Å². The van der Waals surface area contributed by atoms with Gasteiger partial charge in [-0.05, 0) is 41.8 Å². The molecule has 3 heterocycles. The van der Waals surface area contributed by atoms with Gasteiger partial charge < -0.3 is 86.9 Å². The Hall–Kier alpha value is -5.54. The van der Waals surface area contributed by atoms with Gasteiger partial charge in [0.25, 0.3) is 0 Å². The van der Waals surface area contributed by atoms with Crippen LogP contribution < -0.4 is 47.5 Å². The van der Waals surface area contributed by atoms with Crippen molar-refractivity contribution in [1.29, 1.82) is 0 Å². The number of nitrogens with two attached hydrogens (primary N) is 2. The summed E-state index contributed by atoms with van der Waals surface area (Å²) in [4.78, 5) is 56.0. The SMILES string of the molecule is CCCCCNc1nc(N)nc2ccn(Cc3ccc(CNCCNCCOP(=O)(O)OCc4ccc(O[C@@H]5O[C@H](C(=O)O)[C@@H](O)[C@H](O)[C@H]5O)c(NC(=O)CCNC(=O)CCOCCN)c4)cc3OC)c12. The number of fused-ring (bicyclic) bond motifs is 1. The fourth-order valence-corrected chi connectivity index (χ4v) is 7.95. The number of hydrogen-bond donors (Lipinski definition) is 12. The van der Waals surface area contributed by atoms with Crippen molar-refractivity contribution in [1.82, 2.24) is 30.5 Å². The van der Waals surface area contributed by atoms with Crippen LogP contribution in [0.4, 0.5) is 17.5 Å². The lowest BCUT2D eigenvalue weighted by molar-refractivity contribution is -0.271. The molecule has 1 saturated heterocycles. The van der Waals surface area contributed by atoms with Crippen LogP contribution in [0.2, 0.25) is 0 Å². The summed E-state index contributed by atoms with van der Waals surface area (Å²) in [7, 11) is -2.96. The van der Waals surface area contributed by atoms with Gasteiger partial charge in [0.05, 0.1) is 51.3 Å². The Kier molecular flexibility index (Phi) is 22.6. The number of rotatable bonds is 32. The molecule has 1 unspecified atom stereocenters. The lowest BCUT2D eigenvalue weighted by atomic mass is 9.99. The predicted octanol–water partition coefficient (Wildman–Crippen LogP) is 0.767. The lowest BCUT2D eigenvalue weighted by Gasteiger charge is -2.38. The Balaban J connectivity index is 1.07. The van der Waals surface area contributed by atoms with Gasteiger partial charge in [0, 0.05) is 70.4 Å². The third-order valence-electron chi connectivity index (χ3n) is 10.9. The lowest BCUT2D eigenvalue weighted by Crippen LogP contribution is -2.61. The molecule has 4 aromatic rings. The number of aliphatic hydroxyl groups excluding tert-OH is 3. The number of carboxylic acid groups (broad SMARTS) is 1. The Morgan fingerprint density at radius 3 is 2.41 bits per heavy atom. The first-order valence-corrected chi connectivity index (χ1v) is 24.7. The first-order chi connectivity index (χ1) is 34.1. The second-order valence-electron chi connectivity index (χ2n) is 16.4. The van der Waals surface area contributed by atoms with Crippen LogP contribution in [0, 0.1) is 0 Å². The molecule has 1 aliphatic rings. The highest BCUT2D eigenvalue weighted by atomic mass is 31.2. The van der Waals surface area contributed by atoms with E-state index in [0.717, 1.165) is 53.7 Å². The van der Waals surface area contributed by atoms with Gasteiger partial charge in [-0.1, -0.05) is 38.0 Å². The van der Waals surface area contributed by atoms with Crippen molar-refractivity contribution >= 4 is 54.1 Å². The Morgan fingerprint density at radius 1 is 0.859 bits per heavy atom. The van der Waals surface area contributed by atoms with E-state index in [1.165, 1.54) is 18.2 Å². The maximum Gasteiger partial charge on any atom is 0.472 e. The van der Waals surface area contributed by atoms with Crippen LogP contribution in [0.1, 0.15) is 55.7 Å². The number of aliphatic hydroxyl groups is 3. The third-order valence-corrected chi connectivity index (χ3v) is 11.9. The summed E-state index contributed by atoms with van der Waals surface area (Å²) in [6, 6.07) is 11.9. The normalized spacial score (nSPS) is 18.7. The molecule has 5 rings (SSSR count). The van der Waals surface area contributed by atoms with Crippen molar-refractivity contribution in [2.75, 3.05) is 82.6 Å². The number of anilines is 3. The molecule has 0 radical (unpaired) electrons. The largest absolute Gasteiger partial charge is 0.496 e. The summed E-state index contributed by atoms with van der Waals surface area (Å²) in [6.45, 7) is 5.33. The maximum atomic E-state index is 13.0. The number of amides is 2. The van der Waals surface area contributed by atoms with Gasteiger partial charge in [-0.2, -0.15) is 4.98 Å². The van der Waals surface area contributed by atoms with E-state index in [9.17, 15) is 44.3 Å². The molecule has 392 valence electrons. The number of unbranched alkanes of at least 4 members (excludes halogenated alkanes) is 2. The van der Waals surface area contributed by atoms with Crippen molar-refractivity contribution < 1.29 is 72.3 Å². The highest BCUT2D eigenvalue weighted by molar-refractivity contribution is 7.47. The minimum Gasteiger partial charge on any atom is -0.496 e. The topological polar surface area (TPSA) is 368 Å². The van der Waals surface area contributed by atoms with E-state index >= 15 is 0 Å². The molecule has 2 amide bonds. The zero-order valence-electron chi connectivity index (χ0n) is 39.8. The number of carbonyl (C=O) groups is 3. The average molecular weight is 1020 g/mol. The fraction of sp³-hybridized carbons (Fsp3) is 0.533. The zero-order valence-corrected chi connectivity index (χ0v) is 40.7. The Morgan fingerprint density at radius 2 is 1.65 bits per heavy atom. The summed E-state index contributed by atoms with van der Waals surface area (Å²) >= 11 is 0. The molecule has 0 aliphatic carbocycles.